The molecular weight excluding hydrogens is 296 g/mol. The van der Waals surface area contributed by atoms with Crippen molar-refractivity contribution < 1.29 is 9.53 Å². The van der Waals surface area contributed by atoms with Crippen molar-refractivity contribution in [2.45, 2.75) is 30.7 Å². The van der Waals surface area contributed by atoms with Crippen molar-refractivity contribution in [2.75, 3.05) is 33.5 Å². The number of nitrogens with one attached hydrogen (secondary N) is 1. The van der Waals surface area contributed by atoms with Crippen LogP contribution in [-0.2, 0) is 11.3 Å². The van der Waals surface area contributed by atoms with Crippen LogP contribution in [0.1, 0.15) is 24.8 Å². The van der Waals surface area contributed by atoms with Gasteiger partial charge in [0.05, 0.1) is 7.11 Å². The summed E-state index contributed by atoms with van der Waals surface area (Å²) in [5, 5.41) is 3.35. The second-order valence-corrected chi connectivity index (χ2v) is 6.68. The van der Waals surface area contributed by atoms with E-state index in [4.69, 9.17) is 4.74 Å². The van der Waals surface area contributed by atoms with Gasteiger partial charge in [-0.1, -0.05) is 6.07 Å². The van der Waals surface area contributed by atoms with Crippen molar-refractivity contribution in [3.8, 4) is 5.75 Å². The summed E-state index contributed by atoms with van der Waals surface area (Å²) in [6, 6.07) is 6.15. The molecule has 5 heteroatoms. The molecule has 22 heavy (non-hydrogen) atoms. The molecule has 1 aromatic rings. The number of hydrogen-bond acceptors (Lipinski definition) is 4. The topological polar surface area (TPSA) is 41.6 Å². The van der Waals surface area contributed by atoms with Crippen LogP contribution in [0.15, 0.2) is 23.1 Å². The van der Waals surface area contributed by atoms with E-state index in [1.165, 1.54) is 6.42 Å². The van der Waals surface area contributed by atoms with Crippen LogP contribution in [0, 0.1) is 5.92 Å². The van der Waals surface area contributed by atoms with Crippen molar-refractivity contribution >= 4 is 17.7 Å². The van der Waals surface area contributed by atoms with Gasteiger partial charge in [0.25, 0.3) is 0 Å². The van der Waals surface area contributed by atoms with Gasteiger partial charge >= 0.3 is 0 Å². The molecule has 1 saturated heterocycles. The number of carbonyl (C=O) groups excluding carboxylic acids is 1. The predicted molar refractivity (Wildman–Crippen MR) is 91.5 cm³/mol. The molecule has 2 rings (SSSR count). The molecule has 1 heterocycles. The van der Waals surface area contributed by atoms with Crippen LogP contribution in [0.5, 0.6) is 5.75 Å². The predicted octanol–water partition coefficient (Wildman–Crippen LogP) is 2.77. The number of amides is 1. The standard InChI is InChI=1S/C17H26N2O2S/c1-19(17(20)7-5-13-8-9-18-11-13)12-14-4-6-16(22-3)15(10-14)21-2/h4,6,10,13,18H,5,7-9,11-12H2,1-3H3. The van der Waals surface area contributed by atoms with Crippen LogP contribution in [0.25, 0.3) is 0 Å². The van der Waals surface area contributed by atoms with Crippen molar-refractivity contribution in [2.24, 2.45) is 5.92 Å². The Labute approximate surface area is 137 Å². The third kappa shape index (κ3) is 4.65. The molecule has 1 amide bonds. The Morgan fingerprint density at radius 1 is 1.50 bits per heavy atom. The van der Waals surface area contributed by atoms with Crippen LogP contribution in [0.3, 0.4) is 0 Å². The van der Waals surface area contributed by atoms with Crippen LogP contribution in [0.4, 0.5) is 0 Å². The molecule has 1 unspecified atom stereocenters. The van der Waals surface area contributed by atoms with E-state index in [1.54, 1.807) is 18.9 Å². The Morgan fingerprint density at radius 3 is 2.95 bits per heavy atom. The van der Waals surface area contributed by atoms with Gasteiger partial charge in [-0.3, -0.25) is 4.79 Å². The van der Waals surface area contributed by atoms with Gasteiger partial charge in [0.2, 0.25) is 5.91 Å². The minimum absolute atomic E-state index is 0.222. The van der Waals surface area contributed by atoms with Gasteiger partial charge in [-0.05, 0) is 55.8 Å². The average Bonchev–Trinajstić information content (AvgIpc) is 3.05. The van der Waals surface area contributed by atoms with E-state index in [9.17, 15) is 4.79 Å². The Morgan fingerprint density at radius 2 is 2.32 bits per heavy atom. The highest BCUT2D eigenvalue weighted by molar-refractivity contribution is 7.98. The van der Waals surface area contributed by atoms with Crippen molar-refractivity contribution in [1.29, 1.82) is 0 Å². The zero-order valence-corrected chi connectivity index (χ0v) is 14.5. The molecule has 0 spiro atoms. The normalized spacial score (nSPS) is 17.5. The number of benzene rings is 1. The van der Waals surface area contributed by atoms with Crippen LogP contribution < -0.4 is 10.1 Å². The van der Waals surface area contributed by atoms with Gasteiger partial charge in [-0.25, -0.2) is 0 Å². The Balaban J connectivity index is 1.87. The van der Waals surface area contributed by atoms with Gasteiger partial charge in [-0.2, -0.15) is 0 Å². The minimum atomic E-state index is 0.222. The van der Waals surface area contributed by atoms with E-state index in [1.807, 2.05) is 24.3 Å². The molecule has 1 fully saturated rings. The van der Waals surface area contributed by atoms with E-state index < -0.39 is 0 Å². The van der Waals surface area contributed by atoms with Crippen LogP contribution >= 0.6 is 11.8 Å². The molecule has 0 saturated carbocycles. The quantitative estimate of drug-likeness (QED) is 0.784. The first-order valence-corrected chi connectivity index (χ1v) is 9.02. The summed E-state index contributed by atoms with van der Waals surface area (Å²) in [5.41, 5.74) is 1.10. The highest BCUT2D eigenvalue weighted by Gasteiger charge is 2.17. The first kappa shape index (κ1) is 17.2. The summed E-state index contributed by atoms with van der Waals surface area (Å²) in [6.07, 6.45) is 4.86. The van der Waals surface area contributed by atoms with Gasteiger partial charge in [-0.15, -0.1) is 11.8 Å². The third-order valence-electron chi connectivity index (χ3n) is 4.22. The van der Waals surface area contributed by atoms with Gasteiger partial charge in [0.15, 0.2) is 0 Å². The van der Waals surface area contributed by atoms with E-state index in [0.717, 1.165) is 35.7 Å². The lowest BCUT2D eigenvalue weighted by Crippen LogP contribution is -2.26. The van der Waals surface area contributed by atoms with Gasteiger partial charge in [0.1, 0.15) is 5.75 Å². The monoisotopic (exact) mass is 322 g/mol. The number of nitrogens with zero attached hydrogens (tertiary/aromatic N) is 1. The number of ether oxygens (including phenoxy) is 1. The maximum absolute atomic E-state index is 12.3. The second kappa shape index (κ2) is 8.44. The molecule has 1 aromatic carbocycles. The molecule has 0 aliphatic carbocycles. The lowest BCUT2D eigenvalue weighted by molar-refractivity contribution is -0.130. The summed E-state index contributed by atoms with van der Waals surface area (Å²) in [5.74, 6) is 1.76. The number of carbonyl (C=O) groups is 1. The number of hydrogen-bond donors (Lipinski definition) is 1. The first-order chi connectivity index (χ1) is 10.6. The van der Waals surface area contributed by atoms with E-state index in [2.05, 4.69) is 17.4 Å². The Hall–Kier alpha value is -1.20. The maximum atomic E-state index is 12.3. The van der Waals surface area contributed by atoms with E-state index in [0.29, 0.717) is 18.9 Å². The zero-order chi connectivity index (χ0) is 15.9. The molecular formula is C17H26N2O2S. The lowest BCUT2D eigenvalue weighted by atomic mass is 10.0. The largest absolute Gasteiger partial charge is 0.496 e. The van der Waals surface area contributed by atoms with Crippen molar-refractivity contribution in [3.63, 3.8) is 0 Å². The molecule has 1 atom stereocenters. The molecule has 1 aliphatic rings. The number of rotatable bonds is 7. The third-order valence-corrected chi connectivity index (χ3v) is 5.00. The number of methoxy groups -OCH3 is 1. The highest BCUT2D eigenvalue weighted by Crippen LogP contribution is 2.28. The fourth-order valence-corrected chi connectivity index (χ4v) is 3.37. The molecule has 4 nitrogen and oxygen atoms in total. The highest BCUT2D eigenvalue weighted by atomic mass is 32.2. The lowest BCUT2D eigenvalue weighted by Gasteiger charge is -2.19. The summed E-state index contributed by atoms with van der Waals surface area (Å²) in [7, 11) is 3.56. The van der Waals surface area contributed by atoms with E-state index >= 15 is 0 Å². The van der Waals surface area contributed by atoms with Crippen molar-refractivity contribution in [1.82, 2.24) is 10.2 Å². The summed E-state index contributed by atoms with van der Waals surface area (Å²) in [6.45, 7) is 2.79. The van der Waals surface area contributed by atoms with Crippen molar-refractivity contribution in [3.05, 3.63) is 23.8 Å². The fraction of sp³-hybridized carbons (Fsp3) is 0.588. The Bertz CT molecular complexity index is 501. The average molecular weight is 322 g/mol. The second-order valence-electron chi connectivity index (χ2n) is 5.84. The summed E-state index contributed by atoms with van der Waals surface area (Å²) >= 11 is 1.66. The van der Waals surface area contributed by atoms with Gasteiger partial charge in [0, 0.05) is 24.9 Å². The summed E-state index contributed by atoms with van der Waals surface area (Å²) in [4.78, 5) is 15.2. The SMILES string of the molecule is COc1cc(CN(C)C(=O)CCC2CCNC2)ccc1SC. The molecule has 122 valence electrons. The van der Waals surface area contributed by atoms with Crippen LogP contribution in [-0.4, -0.2) is 44.3 Å². The van der Waals surface area contributed by atoms with E-state index in [-0.39, 0.29) is 5.91 Å². The molecule has 1 N–H and O–H groups in total. The van der Waals surface area contributed by atoms with Crippen LogP contribution in [0.2, 0.25) is 0 Å². The number of thioether (sulfide) groups is 1. The minimum Gasteiger partial charge on any atom is -0.496 e. The smallest absolute Gasteiger partial charge is 0.222 e. The summed E-state index contributed by atoms with van der Waals surface area (Å²) < 4.78 is 5.40. The zero-order valence-electron chi connectivity index (χ0n) is 13.7. The van der Waals surface area contributed by atoms with Gasteiger partial charge < -0.3 is 15.0 Å². The molecule has 0 bridgehead atoms. The Kier molecular flexibility index (Phi) is 6.58. The molecule has 0 aromatic heterocycles. The molecule has 1 aliphatic heterocycles. The maximum Gasteiger partial charge on any atom is 0.222 e. The molecule has 0 radical (unpaired) electrons. The first-order valence-electron chi connectivity index (χ1n) is 7.79. The fourth-order valence-electron chi connectivity index (χ4n) is 2.82.